The van der Waals surface area contributed by atoms with Crippen LogP contribution in [-0.4, -0.2) is 51.0 Å². The second-order valence-corrected chi connectivity index (χ2v) is 6.91. The van der Waals surface area contributed by atoms with Crippen LogP contribution in [-0.2, 0) is 15.9 Å². The lowest BCUT2D eigenvalue weighted by molar-refractivity contribution is 0.0992. The van der Waals surface area contributed by atoms with E-state index < -0.39 is 0 Å². The molecule has 1 aromatic carbocycles. The fourth-order valence-corrected chi connectivity index (χ4v) is 3.63. The minimum atomic E-state index is 0.376. The highest BCUT2D eigenvalue weighted by molar-refractivity contribution is 5.80. The van der Waals surface area contributed by atoms with Gasteiger partial charge in [-0.15, -0.1) is 0 Å². The second kappa shape index (κ2) is 9.78. The zero-order valence-corrected chi connectivity index (χ0v) is 15.2. The molecule has 2 bridgehead atoms. The van der Waals surface area contributed by atoms with Gasteiger partial charge in [0.15, 0.2) is 5.96 Å². The van der Waals surface area contributed by atoms with Crippen molar-refractivity contribution in [1.29, 1.82) is 0 Å². The third-order valence-electron chi connectivity index (χ3n) is 5.04. The van der Waals surface area contributed by atoms with Crippen molar-refractivity contribution in [2.45, 2.75) is 56.8 Å². The predicted octanol–water partition coefficient (Wildman–Crippen LogP) is 2.51. The minimum absolute atomic E-state index is 0.376. The van der Waals surface area contributed by atoms with Crippen LogP contribution in [0.1, 0.15) is 37.7 Å². The first-order valence-corrected chi connectivity index (χ1v) is 9.59. The summed E-state index contributed by atoms with van der Waals surface area (Å²) in [6.45, 7) is 2.54. The third-order valence-corrected chi connectivity index (χ3v) is 5.04. The number of hydrogen-bond acceptors (Lipinski definition) is 3. The molecule has 2 N–H and O–H groups in total. The molecule has 0 aromatic heterocycles. The van der Waals surface area contributed by atoms with Crippen LogP contribution in [0.2, 0.25) is 0 Å². The number of nitrogens with one attached hydrogen (secondary N) is 2. The Bertz CT molecular complexity index is 535. The Morgan fingerprint density at radius 3 is 2.80 bits per heavy atom. The van der Waals surface area contributed by atoms with Crippen LogP contribution in [0.5, 0.6) is 0 Å². The van der Waals surface area contributed by atoms with Gasteiger partial charge in [-0.25, -0.2) is 0 Å². The smallest absolute Gasteiger partial charge is 0.191 e. The molecule has 3 atom stereocenters. The molecular formula is C20H31N3O2. The molecular weight excluding hydrogens is 314 g/mol. The highest BCUT2D eigenvalue weighted by Crippen LogP contribution is 2.34. The Balaban J connectivity index is 1.19. The molecule has 0 saturated carbocycles. The molecule has 2 aliphatic rings. The Morgan fingerprint density at radius 1 is 1.20 bits per heavy atom. The van der Waals surface area contributed by atoms with Gasteiger partial charge in [-0.3, -0.25) is 4.99 Å². The lowest BCUT2D eigenvalue weighted by Crippen LogP contribution is -2.47. The molecule has 3 rings (SSSR count). The number of aliphatic imine (C=N–C) groups is 1. The predicted molar refractivity (Wildman–Crippen MR) is 101 cm³/mol. The van der Waals surface area contributed by atoms with Crippen molar-refractivity contribution in [2.24, 2.45) is 4.99 Å². The van der Waals surface area contributed by atoms with Crippen LogP contribution >= 0.6 is 0 Å². The molecule has 5 heteroatoms. The number of rotatable bonds is 9. The lowest BCUT2D eigenvalue weighted by Gasteiger charge is -2.22. The van der Waals surface area contributed by atoms with Gasteiger partial charge in [-0.1, -0.05) is 30.3 Å². The number of unbranched alkanes of at least 4 members (excludes halogenated alkanes) is 1. The molecule has 0 aliphatic carbocycles. The summed E-state index contributed by atoms with van der Waals surface area (Å²) >= 11 is 0. The molecule has 2 saturated heterocycles. The van der Waals surface area contributed by atoms with Crippen molar-refractivity contribution in [3.8, 4) is 0 Å². The van der Waals surface area contributed by atoms with E-state index in [2.05, 4.69) is 39.9 Å². The second-order valence-electron chi connectivity index (χ2n) is 6.91. The molecule has 2 fully saturated rings. The summed E-state index contributed by atoms with van der Waals surface area (Å²) in [6, 6.07) is 10.9. The standard InChI is InChI=1S/C20H31N3O2/c1-21-20(23-18-15-17-9-10-19(18)25-17)22-12-5-6-13-24-14-11-16-7-3-2-4-8-16/h2-4,7-8,17-19H,5-6,9-15H2,1H3,(H2,21,22,23). The quantitative estimate of drug-likeness (QED) is 0.410. The van der Waals surface area contributed by atoms with E-state index in [0.717, 1.165) is 51.4 Å². The molecule has 0 amide bonds. The summed E-state index contributed by atoms with van der Waals surface area (Å²) in [5, 5.41) is 6.91. The van der Waals surface area contributed by atoms with Gasteiger partial charge in [0.2, 0.25) is 0 Å². The van der Waals surface area contributed by atoms with Crippen molar-refractivity contribution in [3.63, 3.8) is 0 Å². The maximum absolute atomic E-state index is 5.88. The largest absolute Gasteiger partial charge is 0.381 e. The van der Waals surface area contributed by atoms with Crippen LogP contribution < -0.4 is 10.6 Å². The SMILES string of the molecule is CN=C(NCCCCOCCc1ccccc1)NC1CC2CCC1O2. The molecule has 0 spiro atoms. The molecule has 25 heavy (non-hydrogen) atoms. The van der Waals surface area contributed by atoms with Gasteiger partial charge in [-0.2, -0.15) is 0 Å². The lowest BCUT2D eigenvalue weighted by atomic mass is 9.96. The molecule has 3 unspecified atom stereocenters. The highest BCUT2D eigenvalue weighted by atomic mass is 16.5. The van der Waals surface area contributed by atoms with E-state index in [1.807, 2.05) is 13.1 Å². The van der Waals surface area contributed by atoms with Gasteiger partial charge in [0, 0.05) is 20.2 Å². The van der Waals surface area contributed by atoms with E-state index >= 15 is 0 Å². The van der Waals surface area contributed by atoms with Crippen LogP contribution in [0.15, 0.2) is 35.3 Å². The molecule has 5 nitrogen and oxygen atoms in total. The summed E-state index contributed by atoms with van der Waals surface area (Å²) in [7, 11) is 1.83. The Morgan fingerprint density at radius 2 is 2.08 bits per heavy atom. The van der Waals surface area contributed by atoms with Gasteiger partial charge in [0.1, 0.15) is 0 Å². The number of ether oxygens (including phenoxy) is 2. The van der Waals surface area contributed by atoms with Crippen LogP contribution in [0, 0.1) is 0 Å². The summed E-state index contributed by atoms with van der Waals surface area (Å²) < 4.78 is 11.6. The minimum Gasteiger partial charge on any atom is -0.381 e. The van der Waals surface area contributed by atoms with E-state index in [-0.39, 0.29) is 0 Å². The van der Waals surface area contributed by atoms with Gasteiger partial charge in [0.25, 0.3) is 0 Å². The van der Waals surface area contributed by atoms with Crippen molar-refractivity contribution in [2.75, 3.05) is 26.8 Å². The molecule has 2 heterocycles. The Kier molecular flexibility index (Phi) is 7.12. The van der Waals surface area contributed by atoms with Gasteiger partial charge in [0.05, 0.1) is 24.9 Å². The van der Waals surface area contributed by atoms with Crippen LogP contribution in [0.25, 0.3) is 0 Å². The maximum Gasteiger partial charge on any atom is 0.191 e. The zero-order valence-electron chi connectivity index (χ0n) is 15.2. The average Bonchev–Trinajstić information content (AvgIpc) is 3.26. The first-order valence-electron chi connectivity index (χ1n) is 9.59. The van der Waals surface area contributed by atoms with Crippen molar-refractivity contribution in [3.05, 3.63) is 35.9 Å². The monoisotopic (exact) mass is 345 g/mol. The van der Waals surface area contributed by atoms with Gasteiger partial charge in [-0.05, 0) is 44.1 Å². The molecule has 138 valence electrons. The van der Waals surface area contributed by atoms with Crippen molar-refractivity contribution >= 4 is 5.96 Å². The van der Waals surface area contributed by atoms with E-state index in [1.165, 1.54) is 18.4 Å². The average molecular weight is 345 g/mol. The fraction of sp³-hybridized carbons (Fsp3) is 0.650. The van der Waals surface area contributed by atoms with Crippen molar-refractivity contribution in [1.82, 2.24) is 10.6 Å². The van der Waals surface area contributed by atoms with Crippen LogP contribution in [0.4, 0.5) is 0 Å². The number of guanidine groups is 1. The number of benzene rings is 1. The first kappa shape index (κ1) is 18.2. The number of hydrogen-bond donors (Lipinski definition) is 2. The summed E-state index contributed by atoms with van der Waals surface area (Å²) in [6.07, 6.45) is 7.49. The molecule has 0 radical (unpaired) electrons. The number of nitrogens with zero attached hydrogens (tertiary/aromatic N) is 1. The Hall–Kier alpha value is -1.59. The van der Waals surface area contributed by atoms with E-state index in [1.54, 1.807) is 0 Å². The number of fused-ring (bicyclic) bond motifs is 2. The third kappa shape index (κ3) is 5.72. The van der Waals surface area contributed by atoms with E-state index in [9.17, 15) is 0 Å². The van der Waals surface area contributed by atoms with Gasteiger partial charge >= 0.3 is 0 Å². The van der Waals surface area contributed by atoms with E-state index in [4.69, 9.17) is 9.47 Å². The van der Waals surface area contributed by atoms with Crippen LogP contribution in [0.3, 0.4) is 0 Å². The summed E-state index contributed by atoms with van der Waals surface area (Å²) in [4.78, 5) is 4.32. The van der Waals surface area contributed by atoms with Gasteiger partial charge < -0.3 is 20.1 Å². The summed E-state index contributed by atoms with van der Waals surface area (Å²) in [5.41, 5.74) is 1.34. The Labute approximate surface area is 151 Å². The molecule has 1 aromatic rings. The van der Waals surface area contributed by atoms with E-state index in [0.29, 0.717) is 18.2 Å². The highest BCUT2D eigenvalue weighted by Gasteiger charge is 2.41. The maximum atomic E-state index is 5.88. The van der Waals surface area contributed by atoms with Crippen molar-refractivity contribution < 1.29 is 9.47 Å². The fourth-order valence-electron chi connectivity index (χ4n) is 3.63. The topological polar surface area (TPSA) is 54.9 Å². The molecule has 2 aliphatic heterocycles. The first-order chi connectivity index (χ1) is 12.3. The zero-order chi connectivity index (χ0) is 17.3. The summed E-state index contributed by atoms with van der Waals surface area (Å²) in [5.74, 6) is 0.895. The normalized spacial score (nSPS) is 25.3.